The largest absolute Gasteiger partial charge is 0.478 e. The summed E-state index contributed by atoms with van der Waals surface area (Å²) in [5.41, 5.74) is 0.370. The Balaban J connectivity index is 2.76. The molecule has 0 aliphatic heterocycles. The number of carboxylic acids is 1. The molecular weight excluding hydrogens is 316 g/mol. The van der Waals surface area contributed by atoms with E-state index in [0.29, 0.717) is 17.7 Å². The fraction of sp³-hybridized carbons (Fsp3) is 0.333. The Bertz CT molecular complexity index is 655. The summed E-state index contributed by atoms with van der Waals surface area (Å²) in [4.78, 5) is 14.1. The van der Waals surface area contributed by atoms with Crippen molar-refractivity contribution in [1.29, 1.82) is 0 Å². The highest BCUT2D eigenvalue weighted by Gasteiger charge is 2.14. The highest BCUT2D eigenvalue weighted by molar-refractivity contribution is 7.89. The smallest absolute Gasteiger partial charge is 0.328 e. The third-order valence-electron chi connectivity index (χ3n) is 2.36. The van der Waals surface area contributed by atoms with Crippen LogP contribution in [0.1, 0.15) is 12.0 Å². The number of nitrogens with zero attached hydrogens (tertiary/aromatic N) is 1. The fourth-order valence-electron chi connectivity index (χ4n) is 1.41. The molecule has 1 rings (SSSR count). The summed E-state index contributed by atoms with van der Waals surface area (Å²) in [6.45, 7) is 0.178. The van der Waals surface area contributed by atoms with Gasteiger partial charge in [-0.25, -0.2) is 17.9 Å². The standard InChI is InChI=1S/C12H16N2O5S2/c1-20(17)6-2-5-14-21(18,19)11-7-10(8-13-9-11)3-4-12(15)16/h3-4,7-9,14H,2,5-6H2,1H3,(H,15,16)/b4-3+. The molecule has 0 aliphatic rings. The van der Waals surface area contributed by atoms with E-state index < -0.39 is 26.8 Å². The van der Waals surface area contributed by atoms with Crippen molar-refractivity contribution in [3.8, 4) is 0 Å². The Kier molecular flexibility index (Phi) is 6.66. The molecule has 0 saturated carbocycles. The van der Waals surface area contributed by atoms with Gasteiger partial charge in [-0.3, -0.25) is 9.19 Å². The van der Waals surface area contributed by atoms with Gasteiger partial charge in [0.25, 0.3) is 0 Å². The summed E-state index contributed by atoms with van der Waals surface area (Å²) in [5, 5.41) is 8.53. The van der Waals surface area contributed by atoms with E-state index in [-0.39, 0.29) is 11.4 Å². The van der Waals surface area contributed by atoms with Gasteiger partial charge in [-0.05, 0) is 24.1 Å². The lowest BCUT2D eigenvalue weighted by atomic mass is 10.2. The van der Waals surface area contributed by atoms with E-state index in [9.17, 15) is 17.4 Å². The zero-order chi connectivity index (χ0) is 15.9. The van der Waals surface area contributed by atoms with Gasteiger partial charge >= 0.3 is 5.97 Å². The van der Waals surface area contributed by atoms with Gasteiger partial charge in [0, 0.05) is 47.8 Å². The summed E-state index contributed by atoms with van der Waals surface area (Å²) < 4.78 is 37.3. The number of carbonyl (C=O) groups is 1. The van der Waals surface area contributed by atoms with Gasteiger partial charge in [-0.1, -0.05) is 0 Å². The Hall–Kier alpha value is -1.58. The highest BCUT2D eigenvalue weighted by atomic mass is 32.2. The van der Waals surface area contributed by atoms with E-state index in [2.05, 4.69) is 9.71 Å². The van der Waals surface area contributed by atoms with Crippen LogP contribution in [-0.4, -0.2) is 47.2 Å². The molecule has 2 N–H and O–H groups in total. The number of aliphatic carboxylic acids is 1. The number of aromatic nitrogens is 1. The molecule has 1 aromatic rings. The molecule has 0 aromatic carbocycles. The summed E-state index contributed by atoms with van der Waals surface area (Å²) in [6.07, 6.45) is 6.72. The van der Waals surface area contributed by atoms with Crippen LogP contribution >= 0.6 is 0 Å². The van der Waals surface area contributed by atoms with Gasteiger partial charge in [0.15, 0.2) is 0 Å². The van der Waals surface area contributed by atoms with E-state index in [4.69, 9.17) is 5.11 Å². The summed E-state index contributed by atoms with van der Waals surface area (Å²) in [6, 6.07) is 1.33. The maximum absolute atomic E-state index is 12.0. The molecule has 1 heterocycles. The Labute approximate surface area is 125 Å². The molecule has 1 atom stereocenters. The quantitative estimate of drug-likeness (QED) is 0.520. The molecule has 1 unspecified atom stereocenters. The number of carboxylic acid groups (broad SMARTS) is 1. The SMILES string of the molecule is CS(=O)CCCNS(=O)(=O)c1cncc(/C=C/C(=O)O)c1. The van der Waals surface area contributed by atoms with Crippen molar-refractivity contribution in [1.82, 2.24) is 9.71 Å². The van der Waals surface area contributed by atoms with Crippen LogP contribution < -0.4 is 4.72 Å². The molecule has 7 nitrogen and oxygen atoms in total. The molecule has 0 amide bonds. The lowest BCUT2D eigenvalue weighted by Crippen LogP contribution is -2.25. The predicted octanol–water partition coefficient (Wildman–Crippen LogP) is 0.226. The van der Waals surface area contributed by atoms with Crippen molar-refractivity contribution in [3.63, 3.8) is 0 Å². The second kappa shape index (κ2) is 8.01. The van der Waals surface area contributed by atoms with Crippen LogP contribution in [0.3, 0.4) is 0 Å². The number of rotatable bonds is 8. The van der Waals surface area contributed by atoms with Crippen molar-refractivity contribution < 1.29 is 22.5 Å². The molecule has 9 heteroatoms. The molecule has 0 fully saturated rings. The van der Waals surface area contributed by atoms with Crippen LogP contribution in [0, 0.1) is 0 Å². The first kappa shape index (κ1) is 17.5. The van der Waals surface area contributed by atoms with Crippen LogP contribution in [0.5, 0.6) is 0 Å². The van der Waals surface area contributed by atoms with E-state index in [0.717, 1.165) is 6.08 Å². The second-order valence-electron chi connectivity index (χ2n) is 4.15. The zero-order valence-corrected chi connectivity index (χ0v) is 13.0. The van der Waals surface area contributed by atoms with Crippen molar-refractivity contribution in [2.24, 2.45) is 0 Å². The molecule has 21 heavy (non-hydrogen) atoms. The Morgan fingerprint density at radius 1 is 1.48 bits per heavy atom. The zero-order valence-electron chi connectivity index (χ0n) is 11.4. The number of pyridine rings is 1. The number of nitrogens with one attached hydrogen (secondary N) is 1. The normalized spacial score (nSPS) is 13.4. The number of hydrogen-bond donors (Lipinski definition) is 2. The van der Waals surface area contributed by atoms with Gasteiger partial charge in [0.1, 0.15) is 4.90 Å². The molecule has 0 saturated heterocycles. The van der Waals surface area contributed by atoms with Crippen molar-refractivity contribution >= 4 is 32.9 Å². The Morgan fingerprint density at radius 2 is 2.19 bits per heavy atom. The summed E-state index contributed by atoms with van der Waals surface area (Å²) in [5.74, 6) is -0.712. The van der Waals surface area contributed by atoms with E-state index in [1.54, 1.807) is 6.26 Å². The topological polar surface area (TPSA) is 113 Å². The van der Waals surface area contributed by atoms with Crippen molar-refractivity contribution in [2.75, 3.05) is 18.6 Å². The third-order valence-corrected chi connectivity index (χ3v) is 4.66. The first-order valence-electron chi connectivity index (χ1n) is 5.97. The van der Waals surface area contributed by atoms with Gasteiger partial charge in [0.2, 0.25) is 10.0 Å². The van der Waals surface area contributed by atoms with Crippen molar-refractivity contribution in [2.45, 2.75) is 11.3 Å². The molecule has 0 bridgehead atoms. The minimum Gasteiger partial charge on any atom is -0.478 e. The number of sulfonamides is 1. The van der Waals surface area contributed by atoms with E-state index in [1.807, 2.05) is 0 Å². The molecule has 0 spiro atoms. The maximum Gasteiger partial charge on any atom is 0.328 e. The van der Waals surface area contributed by atoms with Gasteiger partial charge in [-0.15, -0.1) is 0 Å². The van der Waals surface area contributed by atoms with Gasteiger partial charge < -0.3 is 5.11 Å². The first-order chi connectivity index (χ1) is 9.81. The van der Waals surface area contributed by atoms with Crippen LogP contribution in [0.4, 0.5) is 0 Å². The monoisotopic (exact) mass is 332 g/mol. The maximum atomic E-state index is 12.0. The first-order valence-corrected chi connectivity index (χ1v) is 9.18. The number of hydrogen-bond acceptors (Lipinski definition) is 5. The van der Waals surface area contributed by atoms with Crippen LogP contribution in [-0.2, 0) is 25.6 Å². The van der Waals surface area contributed by atoms with E-state index in [1.165, 1.54) is 24.5 Å². The lowest BCUT2D eigenvalue weighted by Gasteiger charge is -2.06. The average molecular weight is 332 g/mol. The van der Waals surface area contributed by atoms with Crippen LogP contribution in [0.15, 0.2) is 29.4 Å². The van der Waals surface area contributed by atoms with E-state index >= 15 is 0 Å². The van der Waals surface area contributed by atoms with Crippen LogP contribution in [0.2, 0.25) is 0 Å². The molecule has 0 aliphatic carbocycles. The van der Waals surface area contributed by atoms with Crippen molar-refractivity contribution in [3.05, 3.63) is 30.1 Å². The molecule has 0 radical (unpaired) electrons. The van der Waals surface area contributed by atoms with Gasteiger partial charge in [0.05, 0.1) is 0 Å². The Morgan fingerprint density at radius 3 is 2.81 bits per heavy atom. The summed E-state index contributed by atoms with van der Waals surface area (Å²) >= 11 is 0. The van der Waals surface area contributed by atoms with Crippen LogP contribution in [0.25, 0.3) is 6.08 Å². The average Bonchev–Trinajstić information content (AvgIpc) is 2.41. The second-order valence-corrected chi connectivity index (χ2v) is 7.48. The fourth-order valence-corrected chi connectivity index (χ4v) is 3.03. The molecule has 1 aromatic heterocycles. The minimum absolute atomic E-state index is 0.0485. The molecule has 116 valence electrons. The van der Waals surface area contributed by atoms with Gasteiger partial charge in [-0.2, -0.15) is 0 Å². The minimum atomic E-state index is -3.71. The lowest BCUT2D eigenvalue weighted by molar-refractivity contribution is -0.131. The summed E-state index contributed by atoms with van der Waals surface area (Å²) in [7, 11) is -4.67. The highest BCUT2D eigenvalue weighted by Crippen LogP contribution is 2.10. The predicted molar refractivity (Wildman–Crippen MR) is 79.6 cm³/mol. The molecular formula is C12H16N2O5S2. The third kappa shape index (κ3) is 6.61.